The smallest absolute Gasteiger partial charge is 0.263 e. The molecule has 1 N–H and O–H groups in total. The molecule has 1 spiro atoms. The standard InChI is InChI=1S/C28H24Cl2FN5O3S2/c1-41(38)35-26(37)15-8-19(31)23-20(9-15)40-27(33-23)36-6-4-28(5-7-36)10-16(11-28)21-24(34-39-25(21)14-2-3-14)22-17(29)12-32-13-18(22)30/h8-10,12-14H,2-7,11H2,1H3,(H,35,37). The minimum Gasteiger partial charge on any atom is -0.360 e. The molecular weight excluding hydrogens is 608 g/mol. The first-order valence-corrected chi connectivity index (χ1v) is 16.3. The van der Waals surface area contributed by atoms with Gasteiger partial charge in [0.05, 0.1) is 14.7 Å². The average molecular weight is 633 g/mol. The summed E-state index contributed by atoms with van der Waals surface area (Å²) >= 11 is 14.3. The molecule has 1 aliphatic heterocycles. The number of fused-ring (bicyclic) bond motifs is 1. The van der Waals surface area contributed by atoms with E-state index in [0.717, 1.165) is 67.7 Å². The van der Waals surface area contributed by atoms with Crippen molar-refractivity contribution in [2.45, 2.75) is 38.0 Å². The normalized spacial score (nSPS) is 18.8. The van der Waals surface area contributed by atoms with Crippen molar-refractivity contribution in [3.05, 3.63) is 63.4 Å². The maximum Gasteiger partial charge on any atom is 0.263 e. The number of carbonyl (C=O) groups excluding carboxylic acids is 1. The Labute approximate surface area is 251 Å². The molecule has 1 saturated heterocycles. The third-order valence-electron chi connectivity index (χ3n) is 8.07. The molecule has 3 aromatic heterocycles. The lowest BCUT2D eigenvalue weighted by molar-refractivity contribution is 0.0983. The quantitative estimate of drug-likeness (QED) is 0.251. The molecule has 2 fully saturated rings. The SMILES string of the molecule is CS(=O)NC(=O)c1cc(F)c2nc(N3CCC4(C=C(c5c(-c6c(Cl)cncc6Cl)noc5C5CC5)C4)CC3)sc2c1. The van der Waals surface area contributed by atoms with Crippen molar-refractivity contribution in [2.24, 2.45) is 5.41 Å². The molecule has 1 atom stereocenters. The van der Waals surface area contributed by atoms with Gasteiger partial charge in [-0.3, -0.25) is 14.5 Å². The Morgan fingerprint density at radius 2 is 1.90 bits per heavy atom. The number of benzene rings is 1. The van der Waals surface area contributed by atoms with Crippen LogP contribution in [0, 0.1) is 11.2 Å². The second-order valence-electron chi connectivity index (χ2n) is 10.9. The molecule has 7 rings (SSSR count). The summed E-state index contributed by atoms with van der Waals surface area (Å²) in [4.78, 5) is 23.1. The van der Waals surface area contributed by atoms with E-state index in [1.807, 2.05) is 0 Å². The predicted octanol–water partition coefficient (Wildman–Crippen LogP) is 6.77. The van der Waals surface area contributed by atoms with Crippen LogP contribution < -0.4 is 9.62 Å². The largest absolute Gasteiger partial charge is 0.360 e. The third kappa shape index (κ3) is 4.86. The van der Waals surface area contributed by atoms with E-state index in [1.54, 1.807) is 18.5 Å². The third-order valence-corrected chi connectivity index (χ3v) is 10.2. The number of halogens is 3. The van der Waals surface area contributed by atoms with Gasteiger partial charge < -0.3 is 9.42 Å². The lowest BCUT2D eigenvalue weighted by Crippen LogP contribution is -2.42. The second kappa shape index (κ2) is 10.1. The lowest BCUT2D eigenvalue weighted by Gasteiger charge is -2.46. The molecule has 3 aliphatic rings. The summed E-state index contributed by atoms with van der Waals surface area (Å²) in [5, 5.41) is 6.03. The number of piperidine rings is 1. The summed E-state index contributed by atoms with van der Waals surface area (Å²) in [6, 6.07) is 2.74. The Morgan fingerprint density at radius 1 is 1.20 bits per heavy atom. The van der Waals surface area contributed by atoms with Gasteiger partial charge in [0.1, 0.15) is 28.0 Å². The topological polar surface area (TPSA) is 101 Å². The number of hydrogen-bond donors (Lipinski definition) is 1. The van der Waals surface area contributed by atoms with Crippen LogP contribution in [0.15, 0.2) is 35.1 Å². The Morgan fingerprint density at radius 3 is 2.56 bits per heavy atom. The second-order valence-corrected chi connectivity index (χ2v) is 13.8. The van der Waals surface area contributed by atoms with Crippen LogP contribution in [0.2, 0.25) is 10.0 Å². The number of allylic oxidation sites excluding steroid dienone is 2. The van der Waals surface area contributed by atoms with E-state index in [0.29, 0.717) is 31.9 Å². The lowest BCUT2D eigenvalue weighted by atomic mass is 9.63. The number of pyridine rings is 1. The molecule has 8 nitrogen and oxygen atoms in total. The number of anilines is 1. The summed E-state index contributed by atoms with van der Waals surface area (Å²) in [5.41, 5.74) is 3.99. The number of nitrogens with zero attached hydrogens (tertiary/aromatic N) is 4. The predicted molar refractivity (Wildman–Crippen MR) is 159 cm³/mol. The first kappa shape index (κ1) is 27.0. The highest BCUT2D eigenvalue weighted by molar-refractivity contribution is 7.82. The summed E-state index contributed by atoms with van der Waals surface area (Å²) < 4.78 is 34.9. The molecule has 13 heteroatoms. The van der Waals surface area contributed by atoms with Gasteiger partial charge in [-0.25, -0.2) is 13.6 Å². The first-order valence-electron chi connectivity index (χ1n) is 13.2. The molecule has 212 valence electrons. The van der Waals surface area contributed by atoms with Gasteiger partial charge >= 0.3 is 0 Å². The Kier molecular flexibility index (Phi) is 6.68. The maximum atomic E-state index is 14.8. The van der Waals surface area contributed by atoms with Gasteiger partial charge in [-0.2, -0.15) is 0 Å². The number of nitrogens with one attached hydrogen (secondary N) is 1. The number of rotatable bonds is 6. The van der Waals surface area contributed by atoms with Crippen LogP contribution in [0.1, 0.15) is 59.7 Å². The summed E-state index contributed by atoms with van der Waals surface area (Å²) in [7, 11) is -1.53. The highest BCUT2D eigenvalue weighted by atomic mass is 35.5. The number of amides is 1. The number of aromatic nitrogens is 3. The van der Waals surface area contributed by atoms with E-state index in [1.165, 1.54) is 23.2 Å². The molecule has 1 saturated carbocycles. The van der Waals surface area contributed by atoms with E-state index in [9.17, 15) is 13.4 Å². The number of hydrogen-bond acceptors (Lipinski definition) is 8. The summed E-state index contributed by atoms with van der Waals surface area (Å²) in [6.07, 6.45) is 11.8. The van der Waals surface area contributed by atoms with Crippen molar-refractivity contribution in [3.8, 4) is 11.3 Å². The monoisotopic (exact) mass is 631 g/mol. The van der Waals surface area contributed by atoms with E-state index in [4.69, 9.17) is 27.7 Å². The van der Waals surface area contributed by atoms with Crippen LogP contribution in [0.3, 0.4) is 0 Å². The van der Waals surface area contributed by atoms with Gasteiger partial charge in [0.25, 0.3) is 5.91 Å². The fraction of sp³-hybridized carbons (Fsp3) is 0.357. The molecule has 4 aromatic rings. The molecule has 41 heavy (non-hydrogen) atoms. The van der Waals surface area contributed by atoms with Gasteiger partial charge in [-0.05, 0) is 55.2 Å². The average Bonchev–Trinajstić information content (AvgIpc) is 3.52. The van der Waals surface area contributed by atoms with Crippen LogP contribution in [0.4, 0.5) is 9.52 Å². The number of carbonyl (C=O) groups is 1. The van der Waals surface area contributed by atoms with Gasteiger partial charge in [0.2, 0.25) is 0 Å². The highest BCUT2D eigenvalue weighted by Crippen LogP contribution is 2.56. The first-order chi connectivity index (χ1) is 19.7. The van der Waals surface area contributed by atoms with Gasteiger partial charge in [0.15, 0.2) is 10.9 Å². The zero-order valence-electron chi connectivity index (χ0n) is 21.9. The Bertz CT molecular complexity index is 1760. The molecule has 0 bridgehead atoms. The summed E-state index contributed by atoms with van der Waals surface area (Å²) in [5.74, 6) is 0.142. The summed E-state index contributed by atoms with van der Waals surface area (Å²) in [6.45, 7) is 1.56. The highest BCUT2D eigenvalue weighted by Gasteiger charge is 2.44. The van der Waals surface area contributed by atoms with E-state index in [-0.39, 0.29) is 16.5 Å². The molecule has 2 aliphatic carbocycles. The van der Waals surface area contributed by atoms with Gasteiger partial charge in [0, 0.05) is 54.3 Å². The zero-order chi connectivity index (χ0) is 28.5. The van der Waals surface area contributed by atoms with Crippen molar-refractivity contribution < 1.29 is 17.9 Å². The molecule has 0 radical (unpaired) electrons. The fourth-order valence-electron chi connectivity index (χ4n) is 5.82. The van der Waals surface area contributed by atoms with Gasteiger partial charge in [-0.15, -0.1) is 0 Å². The minimum atomic E-state index is -1.53. The van der Waals surface area contributed by atoms with E-state index in [2.05, 4.69) is 30.8 Å². The van der Waals surface area contributed by atoms with Crippen LogP contribution in [0.5, 0.6) is 0 Å². The fourth-order valence-corrected chi connectivity index (χ4v) is 7.82. The van der Waals surface area contributed by atoms with Crippen LogP contribution in [-0.4, -0.2) is 44.6 Å². The zero-order valence-corrected chi connectivity index (χ0v) is 25.0. The van der Waals surface area contributed by atoms with E-state index >= 15 is 0 Å². The molecule has 1 aromatic carbocycles. The van der Waals surface area contributed by atoms with Crippen LogP contribution >= 0.6 is 34.5 Å². The van der Waals surface area contributed by atoms with E-state index < -0.39 is 22.7 Å². The Hall–Kier alpha value is -2.86. The molecule has 1 unspecified atom stereocenters. The van der Waals surface area contributed by atoms with Crippen LogP contribution in [0.25, 0.3) is 27.0 Å². The van der Waals surface area contributed by atoms with Crippen molar-refractivity contribution in [3.63, 3.8) is 0 Å². The Balaban J connectivity index is 1.12. The van der Waals surface area contributed by atoms with Crippen LogP contribution in [-0.2, 0) is 11.0 Å². The minimum absolute atomic E-state index is 0.0655. The molecule has 1 amide bonds. The van der Waals surface area contributed by atoms with Crippen molar-refractivity contribution in [1.82, 2.24) is 19.8 Å². The molecular formula is C28H24Cl2FN5O3S2. The maximum absolute atomic E-state index is 14.8. The van der Waals surface area contributed by atoms with Crippen molar-refractivity contribution >= 4 is 72.4 Å². The van der Waals surface area contributed by atoms with Gasteiger partial charge in [-0.1, -0.05) is 45.8 Å². The van der Waals surface area contributed by atoms with Crippen molar-refractivity contribution in [2.75, 3.05) is 24.2 Å². The number of thiazole rings is 1. The molecule has 4 heterocycles. The van der Waals surface area contributed by atoms with Crippen molar-refractivity contribution in [1.29, 1.82) is 0 Å².